The SMILES string of the molecule is Nc1nn(Cc2cn(-c3ccc([N+](=O)[O-])cc3)nn2)c2nc(-c3ccccc3)cc(C(F)(F)F)c12. The Kier molecular flexibility index (Phi) is 5.16. The zero-order valence-electron chi connectivity index (χ0n) is 17.7. The highest BCUT2D eigenvalue weighted by molar-refractivity contribution is 5.92. The van der Waals surface area contributed by atoms with Crippen molar-refractivity contribution in [3.05, 3.63) is 88.2 Å². The minimum atomic E-state index is -4.67. The molecule has 5 rings (SSSR count). The second-order valence-electron chi connectivity index (χ2n) is 7.59. The number of nitro groups is 1. The highest BCUT2D eigenvalue weighted by Crippen LogP contribution is 2.39. The number of nitrogens with two attached hydrogens (primary N) is 1. The van der Waals surface area contributed by atoms with Crippen LogP contribution >= 0.6 is 0 Å². The van der Waals surface area contributed by atoms with Gasteiger partial charge in [-0.05, 0) is 18.2 Å². The van der Waals surface area contributed by atoms with Crippen molar-refractivity contribution in [3.63, 3.8) is 0 Å². The maximum absolute atomic E-state index is 13.9. The lowest BCUT2D eigenvalue weighted by molar-refractivity contribution is -0.384. The second kappa shape index (κ2) is 8.20. The van der Waals surface area contributed by atoms with Crippen LogP contribution in [0.25, 0.3) is 28.0 Å². The Morgan fingerprint density at radius 1 is 1.06 bits per heavy atom. The van der Waals surface area contributed by atoms with Crippen LogP contribution in [-0.2, 0) is 12.7 Å². The minimum Gasteiger partial charge on any atom is -0.382 e. The van der Waals surface area contributed by atoms with E-state index in [1.54, 1.807) is 30.3 Å². The van der Waals surface area contributed by atoms with Crippen LogP contribution in [0.1, 0.15) is 11.3 Å². The first-order valence-corrected chi connectivity index (χ1v) is 10.2. The number of rotatable bonds is 5. The first kappa shape index (κ1) is 22.0. The number of nitrogens with zero attached hydrogens (tertiary/aromatic N) is 7. The normalized spacial score (nSPS) is 11.7. The van der Waals surface area contributed by atoms with Gasteiger partial charge in [0.1, 0.15) is 5.69 Å². The van der Waals surface area contributed by atoms with E-state index in [0.717, 1.165) is 6.07 Å². The van der Waals surface area contributed by atoms with E-state index in [1.807, 2.05) is 0 Å². The maximum atomic E-state index is 13.9. The lowest BCUT2D eigenvalue weighted by atomic mass is 10.1. The number of halogens is 3. The molecule has 176 valence electrons. The zero-order chi connectivity index (χ0) is 24.7. The Morgan fingerprint density at radius 2 is 1.77 bits per heavy atom. The number of pyridine rings is 1. The zero-order valence-corrected chi connectivity index (χ0v) is 17.7. The van der Waals surface area contributed by atoms with Crippen molar-refractivity contribution < 1.29 is 18.1 Å². The first-order chi connectivity index (χ1) is 16.7. The standard InChI is InChI=1S/C22H15F3N8O2/c23-22(24,25)17-10-18(13-4-2-1-3-5-13)27-21-19(17)20(26)29-32(21)12-14-11-31(30-28-14)15-6-8-16(9-7-15)33(34)35/h1-11H,12H2,(H2,26,29). The Bertz CT molecular complexity index is 1540. The van der Waals surface area contributed by atoms with Gasteiger partial charge in [-0.3, -0.25) is 10.1 Å². The summed E-state index contributed by atoms with van der Waals surface area (Å²) >= 11 is 0. The van der Waals surface area contributed by atoms with Crippen molar-refractivity contribution in [3.8, 4) is 16.9 Å². The monoisotopic (exact) mass is 480 g/mol. The molecule has 10 nitrogen and oxygen atoms in total. The minimum absolute atomic E-state index is 0.0407. The number of non-ortho nitro benzene ring substituents is 1. The van der Waals surface area contributed by atoms with Crippen LogP contribution in [0, 0.1) is 10.1 Å². The van der Waals surface area contributed by atoms with E-state index in [0.29, 0.717) is 16.9 Å². The lowest BCUT2D eigenvalue weighted by Gasteiger charge is -2.11. The molecule has 3 aromatic heterocycles. The van der Waals surface area contributed by atoms with E-state index >= 15 is 0 Å². The summed E-state index contributed by atoms with van der Waals surface area (Å²) < 4.78 is 44.4. The molecule has 0 atom stereocenters. The average molecular weight is 480 g/mol. The van der Waals surface area contributed by atoms with E-state index < -0.39 is 16.7 Å². The van der Waals surface area contributed by atoms with Gasteiger partial charge in [-0.2, -0.15) is 18.3 Å². The predicted octanol–water partition coefficient (Wildman–Crippen LogP) is 4.24. The van der Waals surface area contributed by atoms with Gasteiger partial charge in [0.05, 0.1) is 40.0 Å². The van der Waals surface area contributed by atoms with Gasteiger partial charge in [0.2, 0.25) is 0 Å². The molecule has 0 saturated carbocycles. The van der Waals surface area contributed by atoms with Crippen LogP contribution < -0.4 is 5.73 Å². The highest BCUT2D eigenvalue weighted by Gasteiger charge is 2.36. The third-order valence-electron chi connectivity index (χ3n) is 5.28. The Labute approximate surface area is 194 Å². The van der Waals surface area contributed by atoms with Gasteiger partial charge in [-0.15, -0.1) is 5.10 Å². The molecule has 0 fully saturated rings. The Balaban J connectivity index is 1.56. The molecule has 0 aliphatic rings. The molecule has 0 spiro atoms. The average Bonchev–Trinajstić information content (AvgIpc) is 3.43. The quantitative estimate of drug-likeness (QED) is 0.294. The summed E-state index contributed by atoms with van der Waals surface area (Å²) in [5.41, 5.74) is 6.36. The van der Waals surface area contributed by atoms with Crippen LogP contribution in [0.15, 0.2) is 66.9 Å². The van der Waals surface area contributed by atoms with Gasteiger partial charge in [-0.1, -0.05) is 35.5 Å². The number of aromatic nitrogens is 6. The van der Waals surface area contributed by atoms with Gasteiger partial charge in [-0.25, -0.2) is 14.3 Å². The van der Waals surface area contributed by atoms with Crippen molar-refractivity contribution in [1.82, 2.24) is 29.8 Å². The van der Waals surface area contributed by atoms with Gasteiger partial charge >= 0.3 is 6.18 Å². The second-order valence-corrected chi connectivity index (χ2v) is 7.59. The number of alkyl halides is 3. The van der Waals surface area contributed by atoms with Crippen molar-refractivity contribution in [2.75, 3.05) is 5.73 Å². The number of nitro benzene ring substituents is 1. The molecule has 0 bridgehead atoms. The summed E-state index contributed by atoms with van der Waals surface area (Å²) in [5, 5.41) is 22.7. The molecule has 0 amide bonds. The number of hydrogen-bond acceptors (Lipinski definition) is 7. The van der Waals surface area contributed by atoms with Gasteiger partial charge in [0, 0.05) is 17.7 Å². The summed E-state index contributed by atoms with van der Waals surface area (Å²) in [4.78, 5) is 14.8. The van der Waals surface area contributed by atoms with Crippen molar-refractivity contribution in [1.29, 1.82) is 0 Å². The Morgan fingerprint density at radius 3 is 2.43 bits per heavy atom. The smallest absolute Gasteiger partial charge is 0.382 e. The molecule has 0 radical (unpaired) electrons. The molecule has 0 aliphatic carbocycles. The predicted molar refractivity (Wildman–Crippen MR) is 119 cm³/mol. The van der Waals surface area contributed by atoms with Crippen LogP contribution in [0.5, 0.6) is 0 Å². The molecule has 3 heterocycles. The molecule has 0 aliphatic heterocycles. The lowest BCUT2D eigenvalue weighted by Crippen LogP contribution is -2.08. The fourth-order valence-electron chi connectivity index (χ4n) is 3.67. The molecule has 0 saturated heterocycles. The van der Waals surface area contributed by atoms with E-state index in [2.05, 4.69) is 20.4 Å². The van der Waals surface area contributed by atoms with Crippen LogP contribution in [-0.4, -0.2) is 34.7 Å². The van der Waals surface area contributed by atoms with Crippen molar-refractivity contribution in [2.45, 2.75) is 12.7 Å². The number of benzene rings is 2. The summed E-state index contributed by atoms with van der Waals surface area (Å²) in [5.74, 6) is -0.304. The number of hydrogen-bond donors (Lipinski definition) is 1. The highest BCUT2D eigenvalue weighted by atomic mass is 19.4. The third-order valence-corrected chi connectivity index (χ3v) is 5.28. The molecular formula is C22H15F3N8O2. The van der Waals surface area contributed by atoms with E-state index in [9.17, 15) is 23.3 Å². The molecule has 2 N–H and O–H groups in total. The summed E-state index contributed by atoms with van der Waals surface area (Å²) in [6.07, 6.45) is -3.14. The van der Waals surface area contributed by atoms with Gasteiger partial charge < -0.3 is 5.73 Å². The number of nitrogen functional groups attached to an aromatic ring is 1. The fourth-order valence-corrected chi connectivity index (χ4v) is 3.67. The molecular weight excluding hydrogens is 465 g/mol. The van der Waals surface area contributed by atoms with Crippen molar-refractivity contribution in [2.24, 2.45) is 0 Å². The first-order valence-electron chi connectivity index (χ1n) is 10.2. The number of fused-ring (bicyclic) bond motifs is 1. The largest absolute Gasteiger partial charge is 0.417 e. The molecule has 35 heavy (non-hydrogen) atoms. The number of anilines is 1. The summed E-state index contributed by atoms with van der Waals surface area (Å²) in [6.45, 7) is -0.0524. The van der Waals surface area contributed by atoms with Crippen molar-refractivity contribution >= 4 is 22.5 Å². The molecule has 0 unspecified atom stereocenters. The van der Waals surface area contributed by atoms with E-state index in [-0.39, 0.29) is 34.8 Å². The van der Waals surface area contributed by atoms with Crippen LogP contribution in [0.3, 0.4) is 0 Å². The van der Waals surface area contributed by atoms with E-state index in [4.69, 9.17) is 5.73 Å². The van der Waals surface area contributed by atoms with Crippen LogP contribution in [0.4, 0.5) is 24.7 Å². The maximum Gasteiger partial charge on any atom is 0.417 e. The molecule has 13 heteroatoms. The van der Waals surface area contributed by atoms with Gasteiger partial charge in [0.15, 0.2) is 11.5 Å². The fraction of sp³-hybridized carbons (Fsp3) is 0.0909. The van der Waals surface area contributed by atoms with E-state index in [1.165, 1.54) is 39.8 Å². The summed E-state index contributed by atoms with van der Waals surface area (Å²) in [7, 11) is 0. The molecule has 5 aromatic rings. The third kappa shape index (κ3) is 4.14. The van der Waals surface area contributed by atoms with Gasteiger partial charge in [0.25, 0.3) is 5.69 Å². The van der Waals surface area contributed by atoms with Crippen LogP contribution in [0.2, 0.25) is 0 Å². The summed E-state index contributed by atoms with van der Waals surface area (Å²) in [6, 6.07) is 15.1. The molecule has 2 aromatic carbocycles. The Hall–Kier alpha value is -4.81. The topological polar surface area (TPSA) is 131 Å².